The highest BCUT2D eigenvalue weighted by molar-refractivity contribution is 8.01. The van der Waals surface area contributed by atoms with Crippen molar-refractivity contribution < 1.29 is 8.42 Å². The summed E-state index contributed by atoms with van der Waals surface area (Å²) in [5.41, 5.74) is 0. The van der Waals surface area contributed by atoms with Gasteiger partial charge in [0.25, 0.3) is 0 Å². The van der Waals surface area contributed by atoms with Crippen molar-refractivity contribution in [1.29, 1.82) is 0 Å². The molecule has 0 saturated carbocycles. The molecule has 7 nitrogen and oxygen atoms in total. The number of rotatable bonds is 6. The molecule has 0 aliphatic carbocycles. The van der Waals surface area contributed by atoms with E-state index < -0.39 is 9.84 Å². The first-order valence-electron chi connectivity index (χ1n) is 5.60. The van der Waals surface area contributed by atoms with Gasteiger partial charge in [0.05, 0.1) is 12.7 Å². The van der Waals surface area contributed by atoms with Crippen molar-refractivity contribution in [3.8, 4) is 0 Å². The van der Waals surface area contributed by atoms with Crippen LogP contribution in [0, 0.1) is 0 Å². The molecular formula is C9H13N5O2S3. The molecule has 0 unspecified atom stereocenters. The van der Waals surface area contributed by atoms with Crippen LogP contribution in [0.2, 0.25) is 0 Å². The lowest BCUT2D eigenvalue weighted by molar-refractivity contribution is 0.493. The average Bonchev–Trinajstić information content (AvgIpc) is 2.95. The predicted octanol–water partition coefficient (Wildman–Crippen LogP) is 1.48. The first kappa shape index (κ1) is 14.4. The maximum absolute atomic E-state index is 11.3. The van der Waals surface area contributed by atoms with E-state index in [2.05, 4.69) is 27.3 Å². The number of unbranched alkanes of at least 4 members (excludes halogenated alkanes) is 1. The van der Waals surface area contributed by atoms with E-state index >= 15 is 0 Å². The summed E-state index contributed by atoms with van der Waals surface area (Å²) in [6.07, 6.45) is 4.57. The number of tetrazole rings is 1. The Kier molecular flexibility index (Phi) is 4.53. The molecule has 10 heteroatoms. The highest BCUT2D eigenvalue weighted by atomic mass is 32.2. The fourth-order valence-corrected chi connectivity index (χ4v) is 3.97. The summed E-state index contributed by atoms with van der Waals surface area (Å²) in [5.74, 6) is 0. The van der Waals surface area contributed by atoms with Crippen molar-refractivity contribution in [2.45, 2.75) is 40.0 Å². The zero-order valence-electron chi connectivity index (χ0n) is 10.5. The van der Waals surface area contributed by atoms with Crippen LogP contribution in [0.5, 0.6) is 0 Å². The second-order valence-corrected chi connectivity index (χ2v) is 8.33. The van der Waals surface area contributed by atoms with Crippen molar-refractivity contribution in [2.24, 2.45) is 0 Å². The molecule has 0 bridgehead atoms. The Morgan fingerprint density at radius 1 is 1.47 bits per heavy atom. The molecule has 0 aromatic carbocycles. The zero-order valence-corrected chi connectivity index (χ0v) is 12.9. The van der Waals surface area contributed by atoms with Gasteiger partial charge in [0.1, 0.15) is 4.21 Å². The molecule has 104 valence electrons. The third-order valence-electron chi connectivity index (χ3n) is 2.15. The Balaban J connectivity index is 2.05. The highest BCUT2D eigenvalue weighted by Crippen LogP contribution is 2.30. The van der Waals surface area contributed by atoms with Gasteiger partial charge in [-0.2, -0.15) is 4.80 Å². The third kappa shape index (κ3) is 3.98. The topological polar surface area (TPSA) is 90.6 Å². The molecular weight excluding hydrogens is 306 g/mol. The van der Waals surface area contributed by atoms with E-state index in [1.165, 1.54) is 22.8 Å². The van der Waals surface area contributed by atoms with Crippen molar-refractivity contribution >= 4 is 32.9 Å². The van der Waals surface area contributed by atoms with Crippen molar-refractivity contribution in [3.63, 3.8) is 0 Å². The smallest absolute Gasteiger partial charge is 0.236 e. The Labute approximate surface area is 119 Å². The Hall–Kier alpha value is -1.00. The summed E-state index contributed by atoms with van der Waals surface area (Å²) >= 11 is 2.32. The van der Waals surface area contributed by atoms with Crippen LogP contribution < -0.4 is 0 Å². The average molecular weight is 319 g/mol. The fourth-order valence-electron chi connectivity index (χ4n) is 1.20. The van der Waals surface area contributed by atoms with Gasteiger partial charge in [0, 0.05) is 6.26 Å². The minimum absolute atomic E-state index is 0.244. The molecule has 0 radical (unpaired) electrons. The summed E-state index contributed by atoms with van der Waals surface area (Å²) in [5, 5.41) is 12.5. The summed E-state index contributed by atoms with van der Waals surface area (Å²) in [7, 11) is -3.20. The Bertz CT molecular complexity index is 648. The van der Waals surface area contributed by atoms with Crippen LogP contribution in [-0.2, 0) is 16.4 Å². The number of hydrogen-bond donors (Lipinski definition) is 0. The zero-order chi connectivity index (χ0) is 13.9. The number of hydrogen-bond acceptors (Lipinski definition) is 8. The first-order valence-corrected chi connectivity index (χ1v) is 9.13. The molecule has 19 heavy (non-hydrogen) atoms. The number of aromatic nitrogens is 5. The molecule has 0 fully saturated rings. The summed E-state index contributed by atoms with van der Waals surface area (Å²) < 4.78 is 23.5. The van der Waals surface area contributed by atoms with Gasteiger partial charge >= 0.3 is 0 Å². The molecule has 0 amide bonds. The summed E-state index contributed by atoms with van der Waals surface area (Å²) in [4.78, 5) is 5.57. The monoisotopic (exact) mass is 319 g/mol. The molecule has 2 rings (SSSR count). The third-order valence-corrected chi connectivity index (χ3v) is 5.86. The van der Waals surface area contributed by atoms with Gasteiger partial charge in [-0.3, -0.25) is 0 Å². The lowest BCUT2D eigenvalue weighted by Crippen LogP contribution is -2.01. The molecule has 2 aromatic heterocycles. The number of aryl methyl sites for hydroxylation is 1. The van der Waals surface area contributed by atoms with Crippen LogP contribution in [0.3, 0.4) is 0 Å². The number of nitrogens with zero attached hydrogens (tertiary/aromatic N) is 5. The van der Waals surface area contributed by atoms with Crippen LogP contribution in [0.4, 0.5) is 0 Å². The summed E-state index contributed by atoms with van der Waals surface area (Å²) in [6.45, 7) is 2.82. The first-order chi connectivity index (χ1) is 8.99. The van der Waals surface area contributed by atoms with Crippen molar-refractivity contribution in [1.82, 2.24) is 25.2 Å². The minimum Gasteiger partial charge on any atom is -0.236 e. The lowest BCUT2D eigenvalue weighted by atomic mass is 10.3. The Morgan fingerprint density at radius 3 is 2.89 bits per heavy atom. The molecule has 0 aliphatic heterocycles. The van der Waals surface area contributed by atoms with E-state index in [0.717, 1.165) is 37.0 Å². The fraction of sp³-hybridized carbons (Fsp3) is 0.556. The quantitative estimate of drug-likeness (QED) is 0.796. The van der Waals surface area contributed by atoms with E-state index in [1.54, 1.807) is 0 Å². The van der Waals surface area contributed by atoms with E-state index in [0.29, 0.717) is 9.50 Å². The van der Waals surface area contributed by atoms with E-state index in [9.17, 15) is 8.42 Å². The van der Waals surface area contributed by atoms with E-state index in [1.807, 2.05) is 0 Å². The number of sulfone groups is 1. The molecule has 0 saturated heterocycles. The van der Waals surface area contributed by atoms with Gasteiger partial charge in [-0.1, -0.05) is 24.7 Å². The standard InChI is InChI=1S/C9H13N5O2S3/c1-3-4-5-14-12-8(11-13-14)18-9-10-6-7(17-9)19(2,15)16/h6H,3-5H2,1-2H3. The maximum Gasteiger partial charge on any atom is 0.238 e. The van der Waals surface area contributed by atoms with Crippen molar-refractivity contribution in [3.05, 3.63) is 6.20 Å². The van der Waals surface area contributed by atoms with Crippen molar-refractivity contribution in [2.75, 3.05) is 6.26 Å². The normalized spacial score (nSPS) is 11.9. The van der Waals surface area contributed by atoms with Crippen LogP contribution in [-0.4, -0.2) is 39.9 Å². The van der Waals surface area contributed by atoms with Crippen LogP contribution in [0.25, 0.3) is 0 Å². The maximum atomic E-state index is 11.3. The molecule has 0 atom stereocenters. The van der Waals surface area contributed by atoms with Gasteiger partial charge in [-0.25, -0.2) is 13.4 Å². The van der Waals surface area contributed by atoms with Crippen LogP contribution in [0.1, 0.15) is 19.8 Å². The molecule has 0 spiro atoms. The van der Waals surface area contributed by atoms with Gasteiger partial charge in [-0.15, -0.1) is 10.2 Å². The molecule has 2 aromatic rings. The second-order valence-electron chi connectivity index (χ2n) is 3.84. The van der Waals surface area contributed by atoms with Gasteiger partial charge < -0.3 is 0 Å². The van der Waals surface area contributed by atoms with E-state index in [4.69, 9.17) is 0 Å². The number of thiazole rings is 1. The second kappa shape index (κ2) is 5.97. The lowest BCUT2D eigenvalue weighted by Gasteiger charge is -1.93. The SMILES string of the molecule is CCCCn1nnc(Sc2ncc(S(C)(=O)=O)s2)n1. The van der Waals surface area contributed by atoms with Gasteiger partial charge in [0.2, 0.25) is 5.16 Å². The molecule has 0 aliphatic rings. The van der Waals surface area contributed by atoms with Crippen LogP contribution in [0.15, 0.2) is 19.9 Å². The van der Waals surface area contributed by atoms with Gasteiger partial charge in [0.15, 0.2) is 14.2 Å². The van der Waals surface area contributed by atoms with Crippen LogP contribution >= 0.6 is 23.1 Å². The minimum atomic E-state index is -3.20. The highest BCUT2D eigenvalue weighted by Gasteiger charge is 2.14. The molecule has 2 heterocycles. The molecule has 0 N–H and O–H groups in total. The predicted molar refractivity (Wildman–Crippen MR) is 72.1 cm³/mol. The summed E-state index contributed by atoms with van der Waals surface area (Å²) in [6, 6.07) is 0. The largest absolute Gasteiger partial charge is 0.238 e. The van der Waals surface area contributed by atoms with Gasteiger partial charge in [-0.05, 0) is 23.4 Å². The Morgan fingerprint density at radius 2 is 2.26 bits per heavy atom. The van der Waals surface area contributed by atoms with E-state index in [-0.39, 0.29) is 4.21 Å².